The molecule has 0 radical (unpaired) electrons. The number of anilines is 1. The first-order valence-electron chi connectivity index (χ1n) is 11.0. The predicted octanol–water partition coefficient (Wildman–Crippen LogP) is 4.59. The zero-order valence-electron chi connectivity index (χ0n) is 19.8. The number of hydrogen-bond donors (Lipinski definition) is 1. The highest BCUT2D eigenvalue weighted by molar-refractivity contribution is 9.10. The van der Waals surface area contributed by atoms with Crippen LogP contribution in [0.3, 0.4) is 0 Å². The lowest BCUT2D eigenvalue weighted by Crippen LogP contribution is -2.53. The molecule has 2 unspecified atom stereocenters. The predicted molar refractivity (Wildman–Crippen MR) is 140 cm³/mol. The van der Waals surface area contributed by atoms with Crippen LogP contribution in [-0.2, 0) is 26.2 Å². The molecule has 0 saturated carbocycles. The Morgan fingerprint density at radius 3 is 2.26 bits per heavy atom. The maximum absolute atomic E-state index is 13.6. The lowest BCUT2D eigenvalue weighted by Gasteiger charge is -2.33. The SMILES string of the molecule is CCC(C)NC(=O)C(CC)N(Cc1ccc(Cl)cc1)C(=O)CN(c1cccc(Br)c1)S(C)(=O)=O. The van der Waals surface area contributed by atoms with Crippen molar-refractivity contribution in [3.63, 3.8) is 0 Å². The number of sulfonamides is 1. The largest absolute Gasteiger partial charge is 0.352 e. The van der Waals surface area contributed by atoms with Gasteiger partial charge in [0.25, 0.3) is 0 Å². The van der Waals surface area contributed by atoms with Crippen LogP contribution in [0, 0.1) is 0 Å². The number of carbonyl (C=O) groups excluding carboxylic acids is 2. The van der Waals surface area contributed by atoms with Crippen molar-refractivity contribution in [2.75, 3.05) is 17.1 Å². The minimum Gasteiger partial charge on any atom is -0.352 e. The fraction of sp³-hybridized carbons (Fsp3) is 0.417. The summed E-state index contributed by atoms with van der Waals surface area (Å²) in [5, 5.41) is 3.50. The van der Waals surface area contributed by atoms with Crippen LogP contribution in [0.2, 0.25) is 5.02 Å². The van der Waals surface area contributed by atoms with Crippen LogP contribution in [0.5, 0.6) is 0 Å². The Morgan fingerprint density at radius 2 is 1.74 bits per heavy atom. The maximum atomic E-state index is 13.6. The first-order chi connectivity index (χ1) is 16.0. The molecule has 0 bridgehead atoms. The van der Waals surface area contributed by atoms with Crippen LogP contribution < -0.4 is 9.62 Å². The number of hydrogen-bond acceptors (Lipinski definition) is 4. The van der Waals surface area contributed by atoms with Gasteiger partial charge in [0.2, 0.25) is 21.8 Å². The molecule has 0 heterocycles. The summed E-state index contributed by atoms with van der Waals surface area (Å²) >= 11 is 9.35. The van der Waals surface area contributed by atoms with Gasteiger partial charge in [-0.2, -0.15) is 0 Å². The molecule has 2 rings (SSSR count). The number of nitrogens with zero attached hydrogens (tertiary/aromatic N) is 2. The van der Waals surface area contributed by atoms with E-state index < -0.39 is 28.5 Å². The van der Waals surface area contributed by atoms with E-state index in [9.17, 15) is 18.0 Å². The minimum absolute atomic E-state index is 0.0526. The van der Waals surface area contributed by atoms with E-state index in [0.717, 1.165) is 22.5 Å². The van der Waals surface area contributed by atoms with E-state index in [-0.39, 0.29) is 18.5 Å². The topological polar surface area (TPSA) is 86.8 Å². The third-order valence-corrected chi connectivity index (χ3v) is 7.31. The molecule has 10 heteroatoms. The molecule has 186 valence electrons. The van der Waals surface area contributed by atoms with Crippen LogP contribution in [0.1, 0.15) is 39.2 Å². The summed E-state index contributed by atoms with van der Waals surface area (Å²) in [5.74, 6) is -0.751. The second-order valence-electron chi connectivity index (χ2n) is 8.14. The highest BCUT2D eigenvalue weighted by atomic mass is 79.9. The molecule has 7 nitrogen and oxygen atoms in total. The molecule has 0 spiro atoms. The van der Waals surface area contributed by atoms with Crippen molar-refractivity contribution in [3.05, 3.63) is 63.6 Å². The molecule has 0 aliphatic rings. The fourth-order valence-electron chi connectivity index (χ4n) is 3.39. The number of nitrogens with one attached hydrogen (secondary N) is 1. The van der Waals surface area contributed by atoms with Gasteiger partial charge in [-0.15, -0.1) is 0 Å². The summed E-state index contributed by atoms with van der Waals surface area (Å²) in [6.07, 6.45) is 2.17. The average molecular weight is 573 g/mol. The molecule has 0 aromatic heterocycles. The standard InChI is InChI=1S/C24H31BrClN3O4S/c1-5-17(3)27-24(31)22(6-2)28(15-18-10-12-20(26)13-11-18)23(30)16-29(34(4,32)33)21-9-7-8-19(25)14-21/h7-14,17,22H,5-6,15-16H2,1-4H3,(H,27,31). The van der Waals surface area contributed by atoms with Crippen LogP contribution in [0.25, 0.3) is 0 Å². The summed E-state index contributed by atoms with van der Waals surface area (Å²) in [6.45, 7) is 5.39. The molecule has 2 aromatic carbocycles. The molecule has 2 amide bonds. The number of rotatable bonds is 11. The molecular weight excluding hydrogens is 542 g/mol. The Bertz CT molecular complexity index is 1100. The van der Waals surface area contributed by atoms with Crippen molar-refractivity contribution in [3.8, 4) is 0 Å². The Kier molecular flexibility index (Phi) is 10.4. The molecule has 1 N–H and O–H groups in total. The summed E-state index contributed by atoms with van der Waals surface area (Å²) in [7, 11) is -3.77. The molecule has 2 aromatic rings. The van der Waals surface area contributed by atoms with Gasteiger partial charge in [-0.05, 0) is 55.7 Å². The first kappa shape index (κ1) is 28.1. The van der Waals surface area contributed by atoms with E-state index in [1.54, 1.807) is 48.5 Å². The van der Waals surface area contributed by atoms with E-state index in [1.807, 2.05) is 20.8 Å². The van der Waals surface area contributed by atoms with Crippen LogP contribution in [0.15, 0.2) is 53.0 Å². The highest BCUT2D eigenvalue weighted by Gasteiger charge is 2.32. The molecule has 0 aliphatic heterocycles. The lowest BCUT2D eigenvalue weighted by atomic mass is 10.1. The summed E-state index contributed by atoms with van der Waals surface area (Å²) in [5.41, 5.74) is 1.13. The smallest absolute Gasteiger partial charge is 0.244 e. The third-order valence-electron chi connectivity index (χ3n) is 5.43. The highest BCUT2D eigenvalue weighted by Crippen LogP contribution is 2.23. The van der Waals surface area contributed by atoms with Crippen molar-refractivity contribution in [1.82, 2.24) is 10.2 Å². The fourth-order valence-corrected chi connectivity index (χ4v) is 4.75. The maximum Gasteiger partial charge on any atom is 0.244 e. The van der Waals surface area contributed by atoms with Crippen LogP contribution in [0.4, 0.5) is 5.69 Å². The van der Waals surface area contributed by atoms with Crippen molar-refractivity contribution >= 4 is 55.1 Å². The van der Waals surface area contributed by atoms with Gasteiger partial charge in [0, 0.05) is 22.1 Å². The molecule has 34 heavy (non-hydrogen) atoms. The van der Waals surface area contributed by atoms with Gasteiger partial charge in [-0.25, -0.2) is 8.42 Å². The van der Waals surface area contributed by atoms with Crippen molar-refractivity contribution in [2.24, 2.45) is 0 Å². The Labute approximate surface area is 215 Å². The van der Waals surface area contributed by atoms with Crippen LogP contribution >= 0.6 is 27.5 Å². The normalized spacial score (nSPS) is 13.1. The molecule has 0 aliphatic carbocycles. The summed E-state index contributed by atoms with van der Waals surface area (Å²) in [4.78, 5) is 28.1. The van der Waals surface area contributed by atoms with E-state index >= 15 is 0 Å². The molecular formula is C24H31BrClN3O4S. The van der Waals surface area contributed by atoms with Crippen LogP contribution in [-0.4, -0.2) is 50.0 Å². The van der Waals surface area contributed by atoms with Gasteiger partial charge in [-0.3, -0.25) is 13.9 Å². The van der Waals surface area contributed by atoms with E-state index in [1.165, 1.54) is 4.90 Å². The van der Waals surface area contributed by atoms with Crippen molar-refractivity contribution in [1.29, 1.82) is 0 Å². The Balaban J connectivity index is 2.43. The van der Waals surface area contributed by atoms with E-state index in [0.29, 0.717) is 21.6 Å². The third kappa shape index (κ3) is 7.99. The molecule has 2 atom stereocenters. The van der Waals surface area contributed by atoms with Crippen molar-refractivity contribution in [2.45, 2.75) is 52.2 Å². The van der Waals surface area contributed by atoms with Gasteiger partial charge >= 0.3 is 0 Å². The average Bonchev–Trinajstić information content (AvgIpc) is 2.77. The zero-order chi connectivity index (χ0) is 25.5. The summed E-state index contributed by atoms with van der Waals surface area (Å²) in [6, 6.07) is 12.9. The Morgan fingerprint density at radius 1 is 1.09 bits per heavy atom. The minimum atomic E-state index is -3.77. The number of carbonyl (C=O) groups is 2. The quantitative estimate of drug-likeness (QED) is 0.427. The number of benzene rings is 2. The monoisotopic (exact) mass is 571 g/mol. The second-order valence-corrected chi connectivity index (χ2v) is 11.4. The second kappa shape index (κ2) is 12.6. The number of amides is 2. The molecule has 0 saturated heterocycles. The van der Waals surface area contributed by atoms with Gasteiger partial charge in [0.05, 0.1) is 11.9 Å². The van der Waals surface area contributed by atoms with Crippen molar-refractivity contribution < 1.29 is 18.0 Å². The van der Waals surface area contributed by atoms with E-state index in [2.05, 4.69) is 21.2 Å². The molecule has 0 fully saturated rings. The Hall–Kier alpha value is -2.10. The van der Waals surface area contributed by atoms with E-state index in [4.69, 9.17) is 11.6 Å². The zero-order valence-corrected chi connectivity index (χ0v) is 23.0. The first-order valence-corrected chi connectivity index (χ1v) is 14.1. The van der Waals surface area contributed by atoms with Gasteiger partial charge in [-0.1, -0.05) is 59.6 Å². The van der Waals surface area contributed by atoms with Gasteiger partial charge in [0.15, 0.2) is 0 Å². The lowest BCUT2D eigenvalue weighted by molar-refractivity contribution is -0.140. The van der Waals surface area contributed by atoms with Gasteiger partial charge in [0.1, 0.15) is 12.6 Å². The van der Waals surface area contributed by atoms with Gasteiger partial charge < -0.3 is 10.2 Å². The number of halogens is 2. The summed E-state index contributed by atoms with van der Waals surface area (Å²) < 4.78 is 26.9.